The third-order valence-electron chi connectivity index (χ3n) is 3.96. The van der Waals surface area contributed by atoms with E-state index >= 15 is 0 Å². The van der Waals surface area contributed by atoms with Crippen molar-refractivity contribution in [2.75, 3.05) is 0 Å². The van der Waals surface area contributed by atoms with Crippen LogP contribution in [0.15, 0.2) is 65.1 Å². The van der Waals surface area contributed by atoms with Crippen LogP contribution in [-0.4, -0.2) is 9.55 Å². The molecule has 23 heavy (non-hydrogen) atoms. The van der Waals surface area contributed by atoms with Crippen molar-refractivity contribution >= 4 is 11.1 Å². The molecular formula is C19H13N3O. The Morgan fingerprint density at radius 3 is 2.52 bits per heavy atom. The van der Waals surface area contributed by atoms with Gasteiger partial charge >= 0.3 is 0 Å². The summed E-state index contributed by atoms with van der Waals surface area (Å²) in [4.78, 5) is 4.54. The van der Waals surface area contributed by atoms with Crippen LogP contribution in [0.2, 0.25) is 0 Å². The van der Waals surface area contributed by atoms with Crippen molar-refractivity contribution in [1.29, 1.82) is 5.26 Å². The first-order valence-electron chi connectivity index (χ1n) is 7.29. The Hall–Kier alpha value is -3.32. The molecule has 2 aromatic carbocycles. The van der Waals surface area contributed by atoms with E-state index in [4.69, 9.17) is 4.42 Å². The molecule has 0 aliphatic carbocycles. The number of aromatic nitrogens is 2. The van der Waals surface area contributed by atoms with E-state index in [0.29, 0.717) is 11.5 Å². The Balaban J connectivity index is 1.87. The van der Waals surface area contributed by atoms with E-state index in [1.165, 1.54) is 0 Å². The van der Waals surface area contributed by atoms with Crippen LogP contribution in [0.1, 0.15) is 5.56 Å². The zero-order valence-corrected chi connectivity index (χ0v) is 12.5. The van der Waals surface area contributed by atoms with Gasteiger partial charge in [0.2, 0.25) is 5.89 Å². The molecule has 4 rings (SSSR count). The Bertz CT molecular complexity index is 1020. The lowest BCUT2D eigenvalue weighted by Crippen LogP contribution is -1.96. The number of hydrogen-bond donors (Lipinski definition) is 0. The summed E-state index contributed by atoms with van der Waals surface area (Å²) in [6.45, 7) is 0. The largest absolute Gasteiger partial charge is 0.435 e. The van der Waals surface area contributed by atoms with Crippen LogP contribution in [0.3, 0.4) is 0 Å². The van der Waals surface area contributed by atoms with Gasteiger partial charge in [0.25, 0.3) is 0 Å². The Labute approximate surface area is 133 Å². The van der Waals surface area contributed by atoms with E-state index in [1.807, 2.05) is 72.3 Å². The summed E-state index contributed by atoms with van der Waals surface area (Å²) >= 11 is 0. The summed E-state index contributed by atoms with van der Waals surface area (Å²) in [7, 11) is 1.95. The highest BCUT2D eigenvalue weighted by Gasteiger charge is 2.15. The van der Waals surface area contributed by atoms with Crippen molar-refractivity contribution < 1.29 is 4.42 Å². The van der Waals surface area contributed by atoms with Crippen molar-refractivity contribution in [2.24, 2.45) is 7.05 Å². The topological polar surface area (TPSA) is 54.8 Å². The van der Waals surface area contributed by atoms with Crippen LogP contribution in [-0.2, 0) is 7.05 Å². The van der Waals surface area contributed by atoms with Crippen LogP contribution in [0.25, 0.3) is 33.9 Å². The Kier molecular flexibility index (Phi) is 2.99. The van der Waals surface area contributed by atoms with E-state index < -0.39 is 0 Å². The van der Waals surface area contributed by atoms with E-state index in [9.17, 15) is 5.26 Å². The smallest absolute Gasteiger partial charge is 0.244 e. The molecule has 0 amide bonds. The number of benzene rings is 2. The summed E-state index contributed by atoms with van der Waals surface area (Å²) in [5.41, 5.74) is 4.99. The number of nitrogens with zero attached hydrogens (tertiary/aromatic N) is 3. The minimum Gasteiger partial charge on any atom is -0.435 e. The van der Waals surface area contributed by atoms with Crippen LogP contribution in [0, 0.1) is 11.3 Å². The first-order valence-corrected chi connectivity index (χ1v) is 7.29. The second-order valence-corrected chi connectivity index (χ2v) is 5.31. The molecule has 4 nitrogen and oxygen atoms in total. The molecule has 0 aliphatic rings. The molecule has 0 fully saturated rings. The van der Waals surface area contributed by atoms with Gasteiger partial charge in [-0.05, 0) is 30.3 Å². The molecule has 4 aromatic rings. The Morgan fingerprint density at radius 1 is 0.957 bits per heavy atom. The van der Waals surface area contributed by atoms with Gasteiger partial charge in [-0.1, -0.05) is 30.3 Å². The SMILES string of the molecule is Cn1c(-c2nc3ccccc3o2)ccc1-c1ccccc1C#N. The molecule has 0 saturated carbocycles. The minimum absolute atomic E-state index is 0.578. The van der Waals surface area contributed by atoms with Gasteiger partial charge in [0.05, 0.1) is 11.6 Å². The molecule has 4 heteroatoms. The van der Waals surface area contributed by atoms with Crippen LogP contribution < -0.4 is 0 Å². The predicted octanol–water partition coefficient (Wildman–Crippen LogP) is 4.37. The van der Waals surface area contributed by atoms with Gasteiger partial charge in [0, 0.05) is 18.3 Å². The van der Waals surface area contributed by atoms with E-state index in [-0.39, 0.29) is 0 Å². The summed E-state index contributed by atoms with van der Waals surface area (Å²) in [6, 6.07) is 21.5. The fraction of sp³-hybridized carbons (Fsp3) is 0.0526. The predicted molar refractivity (Wildman–Crippen MR) is 88.6 cm³/mol. The fourth-order valence-corrected chi connectivity index (χ4v) is 2.78. The molecule has 0 bridgehead atoms. The van der Waals surface area contributed by atoms with Crippen molar-refractivity contribution in [3.05, 3.63) is 66.2 Å². The van der Waals surface area contributed by atoms with Gasteiger partial charge in [-0.2, -0.15) is 5.26 Å². The number of hydrogen-bond acceptors (Lipinski definition) is 3. The summed E-state index contributed by atoms with van der Waals surface area (Å²) < 4.78 is 7.84. The fourth-order valence-electron chi connectivity index (χ4n) is 2.78. The zero-order valence-electron chi connectivity index (χ0n) is 12.5. The highest BCUT2D eigenvalue weighted by Crippen LogP contribution is 2.30. The van der Waals surface area contributed by atoms with E-state index in [1.54, 1.807) is 0 Å². The maximum atomic E-state index is 9.30. The third kappa shape index (κ3) is 2.11. The summed E-state index contributed by atoms with van der Waals surface area (Å²) in [5.74, 6) is 0.578. The van der Waals surface area contributed by atoms with Gasteiger partial charge in [-0.3, -0.25) is 0 Å². The van der Waals surface area contributed by atoms with Gasteiger partial charge in [0.15, 0.2) is 5.58 Å². The minimum atomic E-state index is 0.578. The van der Waals surface area contributed by atoms with Crippen molar-refractivity contribution in [2.45, 2.75) is 0 Å². The molecule has 2 aromatic heterocycles. The van der Waals surface area contributed by atoms with E-state index in [2.05, 4.69) is 11.1 Å². The molecular weight excluding hydrogens is 286 g/mol. The second kappa shape index (κ2) is 5.15. The van der Waals surface area contributed by atoms with Crippen molar-refractivity contribution in [3.8, 4) is 28.9 Å². The third-order valence-corrected chi connectivity index (χ3v) is 3.96. The lowest BCUT2D eigenvalue weighted by molar-refractivity contribution is 0.612. The second-order valence-electron chi connectivity index (χ2n) is 5.31. The average Bonchev–Trinajstić information content (AvgIpc) is 3.17. The molecule has 0 atom stereocenters. The summed E-state index contributed by atoms with van der Waals surface area (Å²) in [5, 5.41) is 9.30. The first-order chi connectivity index (χ1) is 11.3. The Morgan fingerprint density at radius 2 is 1.70 bits per heavy atom. The molecule has 0 saturated heterocycles. The molecule has 0 aliphatic heterocycles. The van der Waals surface area contributed by atoms with Gasteiger partial charge in [-0.25, -0.2) is 4.98 Å². The molecule has 0 unspecified atom stereocenters. The van der Waals surface area contributed by atoms with Gasteiger partial charge in [-0.15, -0.1) is 0 Å². The number of fused-ring (bicyclic) bond motifs is 1. The van der Waals surface area contributed by atoms with Gasteiger partial charge in [0.1, 0.15) is 11.2 Å². The van der Waals surface area contributed by atoms with Crippen molar-refractivity contribution in [3.63, 3.8) is 0 Å². The van der Waals surface area contributed by atoms with Gasteiger partial charge < -0.3 is 8.98 Å². The molecule has 0 radical (unpaired) electrons. The summed E-state index contributed by atoms with van der Waals surface area (Å²) in [6.07, 6.45) is 0. The average molecular weight is 299 g/mol. The molecule has 0 spiro atoms. The van der Waals surface area contributed by atoms with E-state index in [0.717, 1.165) is 28.1 Å². The van der Waals surface area contributed by atoms with Crippen molar-refractivity contribution in [1.82, 2.24) is 9.55 Å². The van der Waals surface area contributed by atoms with Crippen LogP contribution in [0.4, 0.5) is 0 Å². The number of oxazole rings is 1. The molecule has 0 N–H and O–H groups in total. The maximum absolute atomic E-state index is 9.30. The zero-order chi connectivity index (χ0) is 15.8. The standard InChI is InChI=1S/C19H13N3O/c1-22-16(14-7-3-2-6-13(14)12-20)10-11-17(22)19-21-15-8-4-5-9-18(15)23-19/h2-11H,1H3. The maximum Gasteiger partial charge on any atom is 0.244 e. The lowest BCUT2D eigenvalue weighted by atomic mass is 10.1. The number of nitriles is 1. The highest BCUT2D eigenvalue weighted by molar-refractivity contribution is 5.77. The number of rotatable bonds is 2. The number of para-hydroxylation sites is 2. The normalized spacial score (nSPS) is 10.8. The molecule has 2 heterocycles. The van der Waals surface area contributed by atoms with Crippen LogP contribution >= 0.6 is 0 Å². The molecule has 110 valence electrons. The highest BCUT2D eigenvalue weighted by atomic mass is 16.3. The quantitative estimate of drug-likeness (QED) is 0.552. The van der Waals surface area contributed by atoms with Crippen LogP contribution in [0.5, 0.6) is 0 Å². The first kappa shape index (κ1) is 13.4. The lowest BCUT2D eigenvalue weighted by Gasteiger charge is -2.07. The monoisotopic (exact) mass is 299 g/mol.